The zero-order valence-electron chi connectivity index (χ0n) is 24.9. The van der Waals surface area contributed by atoms with Crippen LogP contribution < -0.4 is 15.9 Å². The van der Waals surface area contributed by atoms with Crippen LogP contribution in [0, 0.1) is 0 Å². The van der Waals surface area contributed by atoms with Gasteiger partial charge in [-0.3, -0.25) is 4.79 Å². The SMILES string of the molecule is O=C(OC(CC[P+](c1ccccc1)(c1ccccc1)c1ccccc1)(C(=O)c1ccccc1)c1ccccc1)c1ccccc1. The largest absolute Gasteiger partial charge is 0.442 e. The van der Waals surface area contributed by atoms with Crippen molar-refractivity contribution in [3.05, 3.63) is 199 Å². The van der Waals surface area contributed by atoms with Gasteiger partial charge in [0.2, 0.25) is 11.4 Å². The molecule has 3 nitrogen and oxygen atoms in total. The lowest BCUT2D eigenvalue weighted by molar-refractivity contribution is -0.0132. The number of benzene rings is 6. The summed E-state index contributed by atoms with van der Waals surface area (Å²) < 4.78 is 6.56. The molecule has 0 heterocycles. The summed E-state index contributed by atoms with van der Waals surface area (Å²) in [5, 5.41) is 3.60. The first kappa shape index (κ1) is 29.9. The third-order valence-electron chi connectivity index (χ3n) is 8.31. The molecule has 45 heavy (non-hydrogen) atoms. The van der Waals surface area contributed by atoms with Crippen molar-refractivity contribution in [2.75, 3.05) is 6.16 Å². The molecule has 0 aromatic heterocycles. The summed E-state index contributed by atoms with van der Waals surface area (Å²) in [6.45, 7) is 0. The lowest BCUT2D eigenvalue weighted by Gasteiger charge is -2.35. The van der Waals surface area contributed by atoms with Gasteiger partial charge in [0.15, 0.2) is 0 Å². The van der Waals surface area contributed by atoms with Crippen molar-refractivity contribution in [2.45, 2.75) is 12.0 Å². The number of rotatable bonds is 11. The van der Waals surface area contributed by atoms with Gasteiger partial charge in [0.05, 0.1) is 11.7 Å². The van der Waals surface area contributed by atoms with Crippen LogP contribution in [-0.2, 0) is 10.3 Å². The first-order valence-electron chi connectivity index (χ1n) is 15.1. The molecule has 0 radical (unpaired) electrons. The Morgan fingerprint density at radius 1 is 0.467 bits per heavy atom. The highest BCUT2D eigenvalue weighted by molar-refractivity contribution is 7.95. The van der Waals surface area contributed by atoms with Crippen LogP contribution in [0.15, 0.2) is 182 Å². The number of carbonyl (C=O) groups excluding carboxylic acids is 2. The van der Waals surface area contributed by atoms with E-state index in [1.807, 2.05) is 72.8 Å². The molecule has 4 heteroatoms. The number of Topliss-reactive ketones (excluding diaryl/α,β-unsaturated/α-hetero) is 1. The molecule has 0 aliphatic carbocycles. The molecule has 0 spiro atoms. The summed E-state index contributed by atoms with van der Waals surface area (Å²) in [7, 11) is -2.36. The van der Waals surface area contributed by atoms with Crippen LogP contribution in [0.3, 0.4) is 0 Å². The molecule has 6 aromatic rings. The number of carbonyl (C=O) groups is 2. The fourth-order valence-electron chi connectivity index (χ4n) is 6.07. The average molecular weight is 606 g/mol. The maximum atomic E-state index is 14.9. The minimum absolute atomic E-state index is 0.245. The topological polar surface area (TPSA) is 43.4 Å². The molecule has 0 fully saturated rings. The molecular formula is C41H34O3P+. The van der Waals surface area contributed by atoms with Crippen LogP contribution >= 0.6 is 7.26 Å². The minimum atomic E-state index is -2.36. The lowest BCUT2D eigenvalue weighted by atomic mass is 9.83. The first-order chi connectivity index (χ1) is 22.1. The molecule has 6 aromatic carbocycles. The Morgan fingerprint density at radius 3 is 1.24 bits per heavy atom. The van der Waals surface area contributed by atoms with Gasteiger partial charge in [-0.05, 0) is 48.5 Å². The van der Waals surface area contributed by atoms with E-state index in [1.165, 1.54) is 15.9 Å². The summed E-state index contributed by atoms with van der Waals surface area (Å²) in [6.07, 6.45) is 0.857. The van der Waals surface area contributed by atoms with Crippen molar-refractivity contribution in [1.29, 1.82) is 0 Å². The maximum absolute atomic E-state index is 14.9. The summed E-state index contributed by atoms with van der Waals surface area (Å²) in [5.41, 5.74) is -0.0475. The maximum Gasteiger partial charge on any atom is 0.339 e. The molecule has 0 saturated carbocycles. The number of hydrogen-bond donors (Lipinski definition) is 0. The molecule has 0 amide bonds. The Kier molecular flexibility index (Phi) is 9.10. The van der Waals surface area contributed by atoms with E-state index < -0.39 is 18.8 Å². The molecule has 0 saturated heterocycles. The van der Waals surface area contributed by atoms with Crippen LogP contribution in [0.2, 0.25) is 0 Å². The molecular weight excluding hydrogens is 571 g/mol. The van der Waals surface area contributed by atoms with Crippen LogP contribution in [0.5, 0.6) is 0 Å². The van der Waals surface area contributed by atoms with Gasteiger partial charge < -0.3 is 4.74 Å². The second kappa shape index (κ2) is 13.7. The molecule has 1 atom stereocenters. The zero-order valence-corrected chi connectivity index (χ0v) is 25.8. The normalized spacial score (nSPS) is 12.5. The van der Waals surface area contributed by atoms with Gasteiger partial charge in [-0.15, -0.1) is 0 Å². The van der Waals surface area contributed by atoms with Gasteiger partial charge in [0.25, 0.3) is 0 Å². The van der Waals surface area contributed by atoms with Crippen molar-refractivity contribution in [2.24, 2.45) is 0 Å². The summed E-state index contributed by atoms with van der Waals surface area (Å²) >= 11 is 0. The highest BCUT2D eigenvalue weighted by Gasteiger charge is 2.52. The van der Waals surface area contributed by atoms with Gasteiger partial charge >= 0.3 is 5.97 Å². The Labute approximate surface area is 265 Å². The van der Waals surface area contributed by atoms with E-state index in [0.29, 0.717) is 22.9 Å². The second-order valence-corrected chi connectivity index (χ2v) is 14.5. The molecule has 6 rings (SSSR count). The van der Waals surface area contributed by atoms with E-state index in [0.717, 1.165) is 0 Å². The zero-order chi connectivity index (χ0) is 31.0. The predicted octanol–water partition coefficient (Wildman–Crippen LogP) is 8.01. The van der Waals surface area contributed by atoms with Gasteiger partial charge in [-0.25, -0.2) is 4.79 Å². The third-order valence-corrected chi connectivity index (χ3v) is 12.7. The monoisotopic (exact) mass is 605 g/mol. The average Bonchev–Trinajstić information content (AvgIpc) is 3.13. The van der Waals surface area contributed by atoms with E-state index in [-0.39, 0.29) is 12.2 Å². The fraction of sp³-hybridized carbons (Fsp3) is 0.0732. The molecule has 0 N–H and O–H groups in total. The minimum Gasteiger partial charge on any atom is -0.442 e. The smallest absolute Gasteiger partial charge is 0.339 e. The van der Waals surface area contributed by atoms with Gasteiger partial charge in [-0.1, -0.05) is 133 Å². The number of esters is 1. The number of ether oxygens (including phenoxy) is 1. The van der Waals surface area contributed by atoms with E-state index >= 15 is 0 Å². The summed E-state index contributed by atoms with van der Waals surface area (Å²) in [6, 6.07) is 59.2. The Balaban J connectivity index is 1.57. The summed E-state index contributed by atoms with van der Waals surface area (Å²) in [4.78, 5) is 28.8. The number of ketones is 1. The van der Waals surface area contributed by atoms with Gasteiger partial charge in [0.1, 0.15) is 23.2 Å². The molecule has 1 unspecified atom stereocenters. The van der Waals surface area contributed by atoms with Gasteiger partial charge in [0, 0.05) is 17.5 Å². The van der Waals surface area contributed by atoms with Crippen molar-refractivity contribution in [1.82, 2.24) is 0 Å². The standard InChI is InChI=1S/C41H34O3P/c42-39(33-19-7-1-8-20-33)41(35-23-11-3-12-24-35,44-40(43)34-21-9-2-10-22-34)31-32-45(36-25-13-4-14-26-36,37-27-15-5-16-28-37)38-29-17-6-18-30-38/h1-30H,31-32H2/q+1. The van der Waals surface area contributed by atoms with Gasteiger partial charge in [-0.2, -0.15) is 0 Å². The molecule has 220 valence electrons. The lowest BCUT2D eigenvalue weighted by Crippen LogP contribution is -2.44. The van der Waals surface area contributed by atoms with Crippen molar-refractivity contribution >= 4 is 34.9 Å². The van der Waals surface area contributed by atoms with E-state index in [4.69, 9.17) is 4.74 Å². The van der Waals surface area contributed by atoms with Crippen LogP contribution in [0.1, 0.15) is 32.7 Å². The third kappa shape index (κ3) is 6.13. The Bertz CT molecular complexity index is 1730. The Morgan fingerprint density at radius 2 is 0.822 bits per heavy atom. The molecule has 0 bridgehead atoms. The van der Waals surface area contributed by atoms with Crippen molar-refractivity contribution < 1.29 is 14.3 Å². The van der Waals surface area contributed by atoms with Crippen molar-refractivity contribution in [3.63, 3.8) is 0 Å². The second-order valence-electron chi connectivity index (χ2n) is 10.9. The van der Waals surface area contributed by atoms with E-state index in [1.54, 1.807) is 36.4 Å². The highest BCUT2D eigenvalue weighted by atomic mass is 31.2. The Hall–Kier alpha value is -5.11. The predicted molar refractivity (Wildman–Crippen MR) is 185 cm³/mol. The molecule has 0 aliphatic heterocycles. The fourth-order valence-corrected chi connectivity index (χ4v) is 10.4. The van der Waals surface area contributed by atoms with Crippen LogP contribution in [-0.4, -0.2) is 17.9 Å². The molecule has 0 aliphatic rings. The quantitative estimate of drug-likeness (QED) is 0.0854. The van der Waals surface area contributed by atoms with E-state index in [9.17, 15) is 9.59 Å². The summed E-state index contributed by atoms with van der Waals surface area (Å²) in [5.74, 6) is -0.780. The highest BCUT2D eigenvalue weighted by Crippen LogP contribution is 2.57. The first-order valence-corrected chi connectivity index (χ1v) is 17.1. The number of hydrogen-bond acceptors (Lipinski definition) is 3. The van der Waals surface area contributed by atoms with Crippen LogP contribution in [0.4, 0.5) is 0 Å². The van der Waals surface area contributed by atoms with E-state index in [2.05, 4.69) is 72.8 Å². The van der Waals surface area contributed by atoms with Crippen molar-refractivity contribution in [3.8, 4) is 0 Å². The van der Waals surface area contributed by atoms with Crippen LogP contribution in [0.25, 0.3) is 0 Å².